The van der Waals surface area contributed by atoms with Crippen molar-refractivity contribution < 1.29 is 14.1 Å². The molecule has 5 nitrogen and oxygen atoms in total. The monoisotopic (exact) mass is 420 g/mol. The number of hydrogen-bond donors (Lipinski definition) is 1. The first kappa shape index (κ1) is 17.7. The van der Waals surface area contributed by atoms with Crippen molar-refractivity contribution >= 4 is 33.2 Å². The molecule has 3 rings (SSSR count). The van der Waals surface area contributed by atoms with Crippen LogP contribution in [-0.2, 0) is 13.2 Å². The minimum atomic E-state index is -0.132. The van der Waals surface area contributed by atoms with Gasteiger partial charge in [-0.05, 0) is 54.0 Å². The summed E-state index contributed by atoms with van der Waals surface area (Å²) < 4.78 is 11.9. The molecule has 2 aromatic heterocycles. The molecule has 2 heterocycles. The molecule has 0 radical (unpaired) electrons. The van der Waals surface area contributed by atoms with E-state index in [4.69, 9.17) is 9.26 Å². The number of nitrogens with one attached hydrogen (secondary N) is 1. The van der Waals surface area contributed by atoms with E-state index in [0.717, 1.165) is 26.4 Å². The van der Waals surface area contributed by atoms with Gasteiger partial charge in [0.2, 0.25) is 0 Å². The summed E-state index contributed by atoms with van der Waals surface area (Å²) in [7, 11) is 0. The van der Waals surface area contributed by atoms with E-state index in [1.54, 1.807) is 29.5 Å². The zero-order valence-electron chi connectivity index (χ0n) is 13.8. The molecule has 0 spiro atoms. The smallest absolute Gasteiger partial charge is 0.251 e. The lowest BCUT2D eigenvalue weighted by atomic mass is 10.2. The first-order valence-corrected chi connectivity index (χ1v) is 9.36. The average molecular weight is 421 g/mol. The van der Waals surface area contributed by atoms with E-state index >= 15 is 0 Å². The zero-order valence-corrected chi connectivity index (χ0v) is 16.2. The highest BCUT2D eigenvalue weighted by Gasteiger charge is 2.11. The van der Waals surface area contributed by atoms with E-state index in [1.807, 2.05) is 31.4 Å². The third-order valence-corrected chi connectivity index (χ3v) is 5.40. The van der Waals surface area contributed by atoms with Gasteiger partial charge < -0.3 is 14.6 Å². The number of aromatic nitrogens is 1. The first-order chi connectivity index (χ1) is 12.0. The fourth-order valence-corrected chi connectivity index (χ4v) is 3.70. The number of amides is 1. The topological polar surface area (TPSA) is 64.4 Å². The summed E-state index contributed by atoms with van der Waals surface area (Å²) in [6.45, 7) is 4.59. The van der Waals surface area contributed by atoms with Gasteiger partial charge in [0.25, 0.3) is 5.91 Å². The third-order valence-electron chi connectivity index (χ3n) is 3.71. The lowest BCUT2D eigenvalue weighted by Gasteiger charge is -2.08. The SMILES string of the molecule is Cc1noc(C)c1COc1cccc(C(=O)NCc2cc(Br)cs2)c1. The van der Waals surface area contributed by atoms with E-state index < -0.39 is 0 Å². The van der Waals surface area contributed by atoms with Crippen LogP contribution in [0.3, 0.4) is 0 Å². The van der Waals surface area contributed by atoms with Gasteiger partial charge in [-0.1, -0.05) is 11.2 Å². The maximum atomic E-state index is 12.3. The van der Waals surface area contributed by atoms with Gasteiger partial charge >= 0.3 is 0 Å². The number of rotatable bonds is 6. The molecule has 0 aliphatic carbocycles. The summed E-state index contributed by atoms with van der Waals surface area (Å²) in [6.07, 6.45) is 0. The summed E-state index contributed by atoms with van der Waals surface area (Å²) in [5.41, 5.74) is 2.30. The van der Waals surface area contributed by atoms with Crippen LogP contribution in [0.25, 0.3) is 0 Å². The molecule has 0 unspecified atom stereocenters. The highest BCUT2D eigenvalue weighted by Crippen LogP contribution is 2.20. The number of hydrogen-bond acceptors (Lipinski definition) is 5. The number of benzene rings is 1. The number of nitrogens with zero attached hydrogens (tertiary/aromatic N) is 1. The highest BCUT2D eigenvalue weighted by atomic mass is 79.9. The minimum absolute atomic E-state index is 0.132. The fourth-order valence-electron chi connectivity index (χ4n) is 2.31. The van der Waals surface area contributed by atoms with Crippen molar-refractivity contribution in [2.24, 2.45) is 0 Å². The number of halogens is 1. The van der Waals surface area contributed by atoms with Crippen LogP contribution in [0, 0.1) is 13.8 Å². The molecule has 1 aromatic carbocycles. The van der Waals surface area contributed by atoms with Gasteiger partial charge in [0.1, 0.15) is 18.1 Å². The zero-order chi connectivity index (χ0) is 17.8. The molecule has 3 aromatic rings. The predicted octanol–water partition coefficient (Wildman–Crippen LogP) is 4.62. The Morgan fingerprint density at radius 1 is 1.36 bits per heavy atom. The number of carbonyl (C=O) groups is 1. The van der Waals surface area contributed by atoms with Crippen molar-refractivity contribution in [1.29, 1.82) is 0 Å². The quantitative estimate of drug-likeness (QED) is 0.631. The summed E-state index contributed by atoms with van der Waals surface area (Å²) in [5.74, 6) is 1.24. The predicted molar refractivity (Wildman–Crippen MR) is 99.9 cm³/mol. The minimum Gasteiger partial charge on any atom is -0.489 e. The normalized spacial score (nSPS) is 10.7. The van der Waals surface area contributed by atoms with Gasteiger partial charge in [-0.15, -0.1) is 11.3 Å². The van der Waals surface area contributed by atoms with E-state index in [9.17, 15) is 4.79 Å². The molecule has 0 aliphatic heterocycles. The molecule has 1 N–H and O–H groups in total. The van der Waals surface area contributed by atoms with Gasteiger partial charge in [-0.3, -0.25) is 4.79 Å². The van der Waals surface area contributed by atoms with Crippen molar-refractivity contribution in [3.8, 4) is 5.75 Å². The van der Waals surface area contributed by atoms with Crippen molar-refractivity contribution in [2.75, 3.05) is 0 Å². The summed E-state index contributed by atoms with van der Waals surface area (Å²) in [6, 6.07) is 9.12. The molecular weight excluding hydrogens is 404 g/mol. The maximum Gasteiger partial charge on any atom is 0.251 e. The summed E-state index contributed by atoms with van der Waals surface area (Å²) >= 11 is 5.01. The Balaban J connectivity index is 1.61. The standard InChI is InChI=1S/C18H17BrN2O3S/c1-11-17(12(2)24-21-11)9-23-15-5-3-4-13(6-15)18(22)20-8-16-7-14(19)10-25-16/h3-7,10H,8-9H2,1-2H3,(H,20,22). The van der Waals surface area contributed by atoms with E-state index in [-0.39, 0.29) is 5.91 Å². The Morgan fingerprint density at radius 2 is 2.20 bits per heavy atom. The van der Waals surface area contributed by atoms with Crippen LogP contribution in [0.4, 0.5) is 0 Å². The van der Waals surface area contributed by atoms with Crippen LogP contribution < -0.4 is 10.1 Å². The Hall–Kier alpha value is -2.12. The Bertz CT molecular complexity index is 869. The molecule has 25 heavy (non-hydrogen) atoms. The Labute approximate surface area is 158 Å². The number of carbonyl (C=O) groups excluding carboxylic acids is 1. The second kappa shape index (κ2) is 7.84. The van der Waals surface area contributed by atoms with Crippen molar-refractivity contribution in [3.05, 3.63) is 67.6 Å². The largest absolute Gasteiger partial charge is 0.489 e. The second-order valence-corrected chi connectivity index (χ2v) is 7.44. The molecule has 0 bridgehead atoms. The molecule has 0 atom stereocenters. The van der Waals surface area contributed by atoms with Crippen LogP contribution in [0.2, 0.25) is 0 Å². The van der Waals surface area contributed by atoms with Crippen LogP contribution >= 0.6 is 27.3 Å². The third kappa shape index (κ3) is 4.49. The number of thiophene rings is 1. The Morgan fingerprint density at radius 3 is 2.88 bits per heavy atom. The Kier molecular flexibility index (Phi) is 5.55. The van der Waals surface area contributed by atoms with Gasteiger partial charge in [0, 0.05) is 20.3 Å². The molecule has 130 valence electrons. The van der Waals surface area contributed by atoms with Crippen LogP contribution in [0.15, 0.2) is 44.7 Å². The van der Waals surface area contributed by atoms with Crippen LogP contribution in [0.1, 0.15) is 32.3 Å². The molecule has 7 heteroatoms. The lowest BCUT2D eigenvalue weighted by molar-refractivity contribution is 0.0951. The molecule has 0 saturated carbocycles. The van der Waals surface area contributed by atoms with Crippen LogP contribution in [-0.4, -0.2) is 11.1 Å². The molecule has 1 amide bonds. The number of ether oxygens (including phenoxy) is 1. The van der Waals surface area contributed by atoms with Gasteiger partial charge in [0.15, 0.2) is 0 Å². The van der Waals surface area contributed by atoms with Crippen LogP contribution in [0.5, 0.6) is 5.75 Å². The average Bonchev–Trinajstić information content (AvgIpc) is 3.17. The number of aryl methyl sites for hydroxylation is 2. The van der Waals surface area contributed by atoms with Gasteiger partial charge in [0.05, 0.1) is 17.8 Å². The van der Waals surface area contributed by atoms with Gasteiger partial charge in [-0.2, -0.15) is 0 Å². The van der Waals surface area contributed by atoms with Gasteiger partial charge in [-0.25, -0.2) is 0 Å². The van der Waals surface area contributed by atoms with Crippen molar-refractivity contribution in [2.45, 2.75) is 27.0 Å². The molecule has 0 fully saturated rings. The van der Waals surface area contributed by atoms with E-state index in [0.29, 0.717) is 24.5 Å². The van der Waals surface area contributed by atoms with Crippen molar-refractivity contribution in [3.63, 3.8) is 0 Å². The molecule has 0 aliphatic rings. The summed E-state index contributed by atoms with van der Waals surface area (Å²) in [5, 5.41) is 8.81. The molecular formula is C18H17BrN2O3S. The van der Waals surface area contributed by atoms with E-state index in [1.165, 1.54) is 0 Å². The maximum absolute atomic E-state index is 12.3. The lowest BCUT2D eigenvalue weighted by Crippen LogP contribution is -2.22. The van der Waals surface area contributed by atoms with Crippen molar-refractivity contribution in [1.82, 2.24) is 10.5 Å². The van der Waals surface area contributed by atoms with E-state index in [2.05, 4.69) is 26.4 Å². The first-order valence-electron chi connectivity index (χ1n) is 7.68. The second-order valence-electron chi connectivity index (χ2n) is 5.53. The summed E-state index contributed by atoms with van der Waals surface area (Å²) in [4.78, 5) is 13.4. The fraction of sp³-hybridized carbons (Fsp3) is 0.222. The molecule has 0 saturated heterocycles. The highest BCUT2D eigenvalue weighted by molar-refractivity contribution is 9.10.